The van der Waals surface area contributed by atoms with E-state index < -0.39 is 11.4 Å². The Hall–Kier alpha value is -3.48. The predicted octanol–water partition coefficient (Wildman–Crippen LogP) is 2.41. The zero-order valence-corrected chi connectivity index (χ0v) is 17.4. The van der Waals surface area contributed by atoms with E-state index in [4.69, 9.17) is 4.74 Å². The second kappa shape index (κ2) is 8.34. The lowest BCUT2D eigenvalue weighted by Crippen LogP contribution is -2.49. The van der Waals surface area contributed by atoms with Gasteiger partial charge in [-0.05, 0) is 30.5 Å². The molecular weight excluding hydrogens is 396 g/mol. The maximum absolute atomic E-state index is 13.2. The van der Waals surface area contributed by atoms with Crippen molar-refractivity contribution in [3.63, 3.8) is 0 Å². The highest BCUT2D eigenvalue weighted by molar-refractivity contribution is 6.21. The van der Waals surface area contributed by atoms with E-state index in [0.29, 0.717) is 37.1 Å². The number of rotatable bonds is 5. The predicted molar refractivity (Wildman–Crippen MR) is 112 cm³/mol. The minimum absolute atomic E-state index is 0.00251. The molecule has 7 nitrogen and oxygen atoms in total. The highest BCUT2D eigenvalue weighted by Crippen LogP contribution is 2.37. The Kier molecular flexibility index (Phi) is 5.59. The van der Waals surface area contributed by atoms with Crippen LogP contribution in [0.5, 0.6) is 0 Å². The van der Waals surface area contributed by atoms with Gasteiger partial charge in [-0.3, -0.25) is 24.1 Å². The summed E-state index contributed by atoms with van der Waals surface area (Å²) >= 11 is 0. The first kappa shape index (κ1) is 20.8. The Morgan fingerprint density at radius 3 is 2.00 bits per heavy atom. The first-order chi connectivity index (χ1) is 14.9. The number of likely N-dealkylation sites (tertiary alicyclic amines) is 1. The molecule has 3 amide bonds. The molecule has 2 aliphatic heterocycles. The quantitative estimate of drug-likeness (QED) is 0.548. The van der Waals surface area contributed by atoms with Gasteiger partial charge in [0.1, 0.15) is 6.61 Å². The fraction of sp³-hybridized carbons (Fsp3) is 0.333. The molecule has 0 atom stereocenters. The van der Waals surface area contributed by atoms with Gasteiger partial charge in [0.05, 0.1) is 23.1 Å². The van der Waals surface area contributed by atoms with Crippen LogP contribution in [0.15, 0.2) is 54.6 Å². The van der Waals surface area contributed by atoms with Crippen LogP contribution in [0, 0.1) is 0 Å². The highest BCUT2D eigenvalue weighted by atomic mass is 16.5. The molecule has 0 N–H and O–H groups in total. The molecule has 1 saturated heterocycles. The average molecular weight is 420 g/mol. The molecule has 0 spiro atoms. The number of nitrogens with zero attached hydrogens (tertiary/aromatic N) is 2. The smallest absolute Gasteiger partial charge is 0.316 e. The molecule has 0 aliphatic carbocycles. The van der Waals surface area contributed by atoms with Crippen molar-refractivity contribution in [1.82, 2.24) is 9.80 Å². The molecule has 7 heteroatoms. The van der Waals surface area contributed by atoms with Gasteiger partial charge in [-0.2, -0.15) is 0 Å². The number of esters is 1. The van der Waals surface area contributed by atoms with E-state index in [1.807, 2.05) is 30.3 Å². The first-order valence-electron chi connectivity index (χ1n) is 10.4. The number of ether oxygens (including phenoxy) is 1. The van der Waals surface area contributed by atoms with Gasteiger partial charge in [0.2, 0.25) is 5.91 Å². The van der Waals surface area contributed by atoms with Crippen LogP contribution in [0.25, 0.3) is 0 Å². The lowest BCUT2D eigenvalue weighted by atomic mass is 9.72. The molecular formula is C24H24N2O5. The third-order valence-corrected chi connectivity index (χ3v) is 6.21. The SMILES string of the molecule is CC(=O)N1CCC(C(=O)OCCN2C(=O)c3ccccc3C2=O)(c2ccccc2)CC1. The molecule has 0 unspecified atom stereocenters. The molecule has 0 radical (unpaired) electrons. The molecule has 2 heterocycles. The molecule has 160 valence electrons. The fourth-order valence-electron chi connectivity index (χ4n) is 4.38. The topological polar surface area (TPSA) is 84.0 Å². The molecule has 2 aromatic carbocycles. The summed E-state index contributed by atoms with van der Waals surface area (Å²) in [5.74, 6) is -1.15. The van der Waals surface area contributed by atoms with Gasteiger partial charge >= 0.3 is 5.97 Å². The fourth-order valence-corrected chi connectivity index (χ4v) is 4.38. The summed E-state index contributed by atoms with van der Waals surface area (Å²) in [4.78, 5) is 52.8. The maximum atomic E-state index is 13.2. The van der Waals surface area contributed by atoms with Crippen molar-refractivity contribution in [2.24, 2.45) is 0 Å². The minimum atomic E-state index is -0.852. The summed E-state index contributed by atoms with van der Waals surface area (Å²) in [5, 5.41) is 0. The van der Waals surface area contributed by atoms with Crippen LogP contribution in [0.1, 0.15) is 46.0 Å². The molecule has 1 fully saturated rings. The molecule has 0 saturated carbocycles. The summed E-state index contributed by atoms with van der Waals surface area (Å²) in [6, 6.07) is 16.1. The van der Waals surface area contributed by atoms with Gasteiger partial charge in [-0.25, -0.2) is 0 Å². The van der Waals surface area contributed by atoms with Crippen LogP contribution in [0.4, 0.5) is 0 Å². The summed E-state index contributed by atoms with van der Waals surface area (Å²) in [5.41, 5.74) is 0.742. The Balaban J connectivity index is 1.45. The lowest BCUT2D eigenvalue weighted by molar-refractivity contribution is -0.154. The summed E-state index contributed by atoms with van der Waals surface area (Å²) < 4.78 is 5.60. The minimum Gasteiger partial charge on any atom is -0.463 e. The van der Waals surface area contributed by atoms with E-state index >= 15 is 0 Å². The lowest BCUT2D eigenvalue weighted by Gasteiger charge is -2.40. The van der Waals surface area contributed by atoms with Crippen molar-refractivity contribution in [2.45, 2.75) is 25.2 Å². The monoisotopic (exact) mass is 420 g/mol. The van der Waals surface area contributed by atoms with Crippen molar-refractivity contribution in [3.8, 4) is 0 Å². The van der Waals surface area contributed by atoms with Crippen molar-refractivity contribution in [2.75, 3.05) is 26.2 Å². The van der Waals surface area contributed by atoms with E-state index in [1.165, 1.54) is 6.92 Å². The first-order valence-corrected chi connectivity index (χ1v) is 10.4. The highest BCUT2D eigenvalue weighted by Gasteiger charge is 2.45. The third kappa shape index (κ3) is 3.71. The number of imide groups is 1. The summed E-state index contributed by atoms with van der Waals surface area (Å²) in [6.45, 7) is 2.39. The number of carbonyl (C=O) groups excluding carboxylic acids is 4. The summed E-state index contributed by atoms with van der Waals surface area (Å²) in [7, 11) is 0. The molecule has 2 aliphatic rings. The normalized spacial score (nSPS) is 17.5. The largest absolute Gasteiger partial charge is 0.463 e. The second-order valence-corrected chi connectivity index (χ2v) is 7.90. The van der Waals surface area contributed by atoms with Crippen LogP contribution in [-0.2, 0) is 19.7 Å². The molecule has 4 rings (SSSR count). The number of fused-ring (bicyclic) bond motifs is 1. The van der Waals surface area contributed by atoms with Gasteiger partial charge in [-0.15, -0.1) is 0 Å². The van der Waals surface area contributed by atoms with Crippen LogP contribution >= 0.6 is 0 Å². The standard InChI is InChI=1S/C24H24N2O5/c1-17(27)25-13-11-24(12-14-25,18-7-3-2-4-8-18)23(30)31-16-15-26-21(28)19-9-5-6-10-20(19)22(26)29/h2-10H,11-16H2,1H3. The molecule has 0 aromatic heterocycles. The van der Waals surface area contributed by atoms with Crippen molar-refractivity contribution in [3.05, 3.63) is 71.3 Å². The molecule has 31 heavy (non-hydrogen) atoms. The van der Waals surface area contributed by atoms with Gasteiger partial charge < -0.3 is 9.64 Å². The average Bonchev–Trinajstić information content (AvgIpc) is 3.04. The number of carbonyl (C=O) groups is 4. The molecule has 2 aromatic rings. The van der Waals surface area contributed by atoms with E-state index in [1.54, 1.807) is 29.2 Å². The second-order valence-electron chi connectivity index (χ2n) is 7.90. The van der Waals surface area contributed by atoms with E-state index in [-0.39, 0.29) is 30.9 Å². The summed E-state index contributed by atoms with van der Waals surface area (Å²) in [6.07, 6.45) is 0.922. The van der Waals surface area contributed by atoms with E-state index in [0.717, 1.165) is 10.5 Å². The van der Waals surface area contributed by atoms with Gasteiger partial charge in [0, 0.05) is 20.0 Å². The van der Waals surface area contributed by atoms with E-state index in [2.05, 4.69) is 0 Å². The number of hydrogen-bond donors (Lipinski definition) is 0. The number of amides is 3. The van der Waals surface area contributed by atoms with Crippen LogP contribution in [0.3, 0.4) is 0 Å². The van der Waals surface area contributed by atoms with Gasteiger partial charge in [0.25, 0.3) is 11.8 Å². The number of hydrogen-bond acceptors (Lipinski definition) is 5. The number of benzene rings is 2. The van der Waals surface area contributed by atoms with Crippen molar-refractivity contribution >= 4 is 23.7 Å². The van der Waals surface area contributed by atoms with Crippen LogP contribution in [0.2, 0.25) is 0 Å². The zero-order chi connectivity index (χ0) is 22.0. The Morgan fingerprint density at radius 2 is 1.45 bits per heavy atom. The third-order valence-electron chi connectivity index (χ3n) is 6.21. The van der Waals surface area contributed by atoms with Crippen molar-refractivity contribution < 1.29 is 23.9 Å². The van der Waals surface area contributed by atoms with Gasteiger partial charge in [-0.1, -0.05) is 42.5 Å². The van der Waals surface area contributed by atoms with Crippen LogP contribution in [-0.4, -0.2) is 59.7 Å². The Morgan fingerprint density at radius 1 is 0.903 bits per heavy atom. The number of piperidine rings is 1. The van der Waals surface area contributed by atoms with Crippen molar-refractivity contribution in [1.29, 1.82) is 0 Å². The Bertz CT molecular complexity index is 990. The Labute approximate surface area is 180 Å². The zero-order valence-electron chi connectivity index (χ0n) is 17.4. The maximum Gasteiger partial charge on any atom is 0.316 e. The van der Waals surface area contributed by atoms with Crippen LogP contribution < -0.4 is 0 Å². The van der Waals surface area contributed by atoms with E-state index in [9.17, 15) is 19.2 Å². The molecule has 0 bridgehead atoms. The van der Waals surface area contributed by atoms with Gasteiger partial charge in [0.15, 0.2) is 0 Å².